The van der Waals surface area contributed by atoms with Crippen molar-refractivity contribution in [2.75, 3.05) is 0 Å². The standard InChI is InChI=1S/C14H14ClNO/c1-11-9-16-13(8-15)7-14(11)17-10-12-5-3-2-4-6-12/h2-7,9H,8,10H2,1H3. The predicted octanol–water partition coefficient (Wildman–Crippen LogP) is 3.71. The fourth-order valence-electron chi connectivity index (χ4n) is 1.51. The van der Waals surface area contributed by atoms with E-state index in [0.29, 0.717) is 12.5 Å². The van der Waals surface area contributed by atoms with E-state index >= 15 is 0 Å². The molecular formula is C14H14ClNO. The van der Waals surface area contributed by atoms with E-state index in [4.69, 9.17) is 16.3 Å². The van der Waals surface area contributed by atoms with Crippen LogP contribution in [0.3, 0.4) is 0 Å². The van der Waals surface area contributed by atoms with E-state index in [1.165, 1.54) is 0 Å². The van der Waals surface area contributed by atoms with Crippen molar-refractivity contribution in [2.24, 2.45) is 0 Å². The highest BCUT2D eigenvalue weighted by Gasteiger charge is 2.02. The Labute approximate surface area is 106 Å². The molecule has 0 bridgehead atoms. The largest absolute Gasteiger partial charge is 0.489 e. The first-order valence-corrected chi connectivity index (χ1v) is 6.01. The third-order valence-corrected chi connectivity index (χ3v) is 2.76. The molecule has 0 N–H and O–H groups in total. The molecule has 0 unspecified atom stereocenters. The van der Waals surface area contributed by atoms with Crippen molar-refractivity contribution in [3.8, 4) is 5.75 Å². The molecule has 1 heterocycles. The number of nitrogens with zero attached hydrogens (tertiary/aromatic N) is 1. The Bertz CT molecular complexity index is 485. The van der Waals surface area contributed by atoms with E-state index in [1.54, 1.807) is 6.20 Å². The highest BCUT2D eigenvalue weighted by atomic mass is 35.5. The molecule has 0 atom stereocenters. The van der Waals surface area contributed by atoms with Crippen molar-refractivity contribution in [1.82, 2.24) is 4.98 Å². The number of rotatable bonds is 4. The van der Waals surface area contributed by atoms with Crippen molar-refractivity contribution in [3.05, 3.63) is 59.4 Å². The summed E-state index contributed by atoms with van der Waals surface area (Å²) < 4.78 is 5.77. The van der Waals surface area contributed by atoms with E-state index in [2.05, 4.69) is 4.98 Å². The number of ether oxygens (including phenoxy) is 1. The van der Waals surface area contributed by atoms with Crippen molar-refractivity contribution >= 4 is 11.6 Å². The summed E-state index contributed by atoms with van der Waals surface area (Å²) >= 11 is 5.75. The molecule has 17 heavy (non-hydrogen) atoms. The first-order chi connectivity index (χ1) is 8.29. The number of aryl methyl sites for hydroxylation is 1. The van der Waals surface area contributed by atoms with Crippen LogP contribution in [-0.4, -0.2) is 4.98 Å². The number of halogens is 1. The topological polar surface area (TPSA) is 22.1 Å². The molecule has 0 saturated heterocycles. The monoisotopic (exact) mass is 247 g/mol. The molecule has 88 valence electrons. The van der Waals surface area contributed by atoms with Gasteiger partial charge in [0.15, 0.2) is 0 Å². The van der Waals surface area contributed by atoms with Crippen LogP contribution in [0.4, 0.5) is 0 Å². The Kier molecular flexibility index (Phi) is 3.99. The number of alkyl halides is 1. The van der Waals surface area contributed by atoms with Gasteiger partial charge in [0.05, 0.1) is 11.6 Å². The van der Waals surface area contributed by atoms with Crippen LogP contribution in [0.1, 0.15) is 16.8 Å². The first-order valence-electron chi connectivity index (χ1n) is 5.48. The van der Waals surface area contributed by atoms with Crippen LogP contribution in [0.25, 0.3) is 0 Å². The maximum atomic E-state index is 5.77. The lowest BCUT2D eigenvalue weighted by Gasteiger charge is -2.09. The molecular weight excluding hydrogens is 234 g/mol. The van der Waals surface area contributed by atoms with E-state index in [0.717, 1.165) is 22.6 Å². The molecule has 0 aliphatic heterocycles. The minimum absolute atomic E-state index is 0.405. The number of aromatic nitrogens is 1. The minimum atomic E-state index is 0.405. The smallest absolute Gasteiger partial charge is 0.126 e. The maximum Gasteiger partial charge on any atom is 0.126 e. The number of hydrogen-bond acceptors (Lipinski definition) is 2. The molecule has 2 nitrogen and oxygen atoms in total. The zero-order valence-electron chi connectivity index (χ0n) is 9.69. The molecule has 0 radical (unpaired) electrons. The van der Waals surface area contributed by atoms with E-state index in [-0.39, 0.29) is 0 Å². The van der Waals surface area contributed by atoms with Crippen molar-refractivity contribution < 1.29 is 4.74 Å². The zero-order chi connectivity index (χ0) is 12.1. The number of hydrogen-bond donors (Lipinski definition) is 0. The molecule has 0 saturated carbocycles. The highest BCUT2D eigenvalue weighted by Crippen LogP contribution is 2.19. The molecule has 3 heteroatoms. The van der Waals surface area contributed by atoms with Gasteiger partial charge in [-0.25, -0.2) is 0 Å². The van der Waals surface area contributed by atoms with Gasteiger partial charge in [-0.3, -0.25) is 4.98 Å². The lowest BCUT2D eigenvalue weighted by atomic mass is 10.2. The summed E-state index contributed by atoms with van der Waals surface area (Å²) in [6.45, 7) is 2.54. The Morgan fingerprint density at radius 1 is 1.24 bits per heavy atom. The Hall–Kier alpha value is -1.54. The van der Waals surface area contributed by atoms with Gasteiger partial charge in [-0.15, -0.1) is 11.6 Å². The second-order valence-corrected chi connectivity index (χ2v) is 4.12. The van der Waals surface area contributed by atoms with Gasteiger partial charge in [0.25, 0.3) is 0 Å². The van der Waals surface area contributed by atoms with Crippen molar-refractivity contribution in [3.63, 3.8) is 0 Å². The first kappa shape index (κ1) is 11.9. The summed E-state index contributed by atoms with van der Waals surface area (Å²) in [6.07, 6.45) is 1.79. The van der Waals surface area contributed by atoms with Crippen LogP contribution in [-0.2, 0) is 12.5 Å². The van der Waals surface area contributed by atoms with Crippen LogP contribution >= 0.6 is 11.6 Å². The second kappa shape index (κ2) is 5.69. The van der Waals surface area contributed by atoms with Gasteiger partial charge in [-0.2, -0.15) is 0 Å². The lowest BCUT2D eigenvalue weighted by Crippen LogP contribution is -1.98. The molecule has 0 aliphatic carbocycles. The molecule has 2 aromatic rings. The highest BCUT2D eigenvalue weighted by molar-refractivity contribution is 6.16. The van der Waals surface area contributed by atoms with Crippen LogP contribution in [0.15, 0.2) is 42.6 Å². The van der Waals surface area contributed by atoms with Crippen LogP contribution in [0, 0.1) is 6.92 Å². The summed E-state index contributed by atoms with van der Waals surface area (Å²) in [4.78, 5) is 4.20. The van der Waals surface area contributed by atoms with Gasteiger partial charge >= 0.3 is 0 Å². The van der Waals surface area contributed by atoms with Crippen LogP contribution < -0.4 is 4.74 Å². The number of benzene rings is 1. The summed E-state index contributed by atoms with van der Waals surface area (Å²) in [5.41, 5.74) is 3.01. The van der Waals surface area contributed by atoms with Gasteiger partial charge < -0.3 is 4.74 Å². The van der Waals surface area contributed by atoms with Crippen LogP contribution in [0.5, 0.6) is 5.75 Å². The Balaban J connectivity index is 2.08. The number of pyridine rings is 1. The average Bonchev–Trinajstić information content (AvgIpc) is 2.39. The summed E-state index contributed by atoms with van der Waals surface area (Å²) in [5.74, 6) is 1.25. The Morgan fingerprint density at radius 3 is 2.71 bits per heavy atom. The fourth-order valence-corrected chi connectivity index (χ4v) is 1.66. The molecule has 1 aromatic carbocycles. The van der Waals surface area contributed by atoms with Gasteiger partial charge in [0.1, 0.15) is 12.4 Å². The molecule has 1 aromatic heterocycles. The minimum Gasteiger partial charge on any atom is -0.489 e. The molecule has 0 fully saturated rings. The van der Waals surface area contributed by atoms with Gasteiger partial charge in [-0.05, 0) is 12.5 Å². The third kappa shape index (κ3) is 3.21. The lowest BCUT2D eigenvalue weighted by molar-refractivity contribution is 0.303. The fraction of sp³-hybridized carbons (Fsp3) is 0.214. The summed E-state index contributed by atoms with van der Waals surface area (Å²) in [6, 6.07) is 12.0. The third-order valence-electron chi connectivity index (χ3n) is 2.48. The molecule has 2 rings (SSSR count). The van der Waals surface area contributed by atoms with E-state index in [1.807, 2.05) is 43.3 Å². The zero-order valence-corrected chi connectivity index (χ0v) is 10.4. The normalized spacial score (nSPS) is 10.2. The quantitative estimate of drug-likeness (QED) is 0.769. The van der Waals surface area contributed by atoms with E-state index < -0.39 is 0 Å². The summed E-state index contributed by atoms with van der Waals surface area (Å²) in [5, 5.41) is 0. The van der Waals surface area contributed by atoms with Gasteiger partial charge in [-0.1, -0.05) is 30.3 Å². The summed E-state index contributed by atoms with van der Waals surface area (Å²) in [7, 11) is 0. The SMILES string of the molecule is Cc1cnc(CCl)cc1OCc1ccccc1. The van der Waals surface area contributed by atoms with Gasteiger partial charge in [0.2, 0.25) is 0 Å². The average molecular weight is 248 g/mol. The molecule has 0 amide bonds. The Morgan fingerprint density at radius 2 is 2.00 bits per heavy atom. The maximum absolute atomic E-state index is 5.77. The van der Waals surface area contributed by atoms with Crippen molar-refractivity contribution in [2.45, 2.75) is 19.4 Å². The molecule has 0 spiro atoms. The second-order valence-electron chi connectivity index (χ2n) is 3.85. The van der Waals surface area contributed by atoms with E-state index in [9.17, 15) is 0 Å². The molecule has 0 aliphatic rings. The predicted molar refractivity (Wildman–Crippen MR) is 69.3 cm³/mol. The van der Waals surface area contributed by atoms with Crippen LogP contribution in [0.2, 0.25) is 0 Å². The van der Waals surface area contributed by atoms with Crippen molar-refractivity contribution in [1.29, 1.82) is 0 Å². The van der Waals surface area contributed by atoms with Gasteiger partial charge in [0, 0.05) is 17.8 Å².